The van der Waals surface area contributed by atoms with Crippen molar-refractivity contribution in [2.24, 2.45) is 0 Å². The highest BCUT2D eigenvalue weighted by molar-refractivity contribution is 5.43. The van der Waals surface area contributed by atoms with Crippen LogP contribution in [-0.4, -0.2) is 64.4 Å². The van der Waals surface area contributed by atoms with Gasteiger partial charge in [0.15, 0.2) is 11.6 Å². The van der Waals surface area contributed by atoms with Crippen LogP contribution in [0.5, 0.6) is 11.6 Å². The predicted molar refractivity (Wildman–Crippen MR) is 136 cm³/mol. The van der Waals surface area contributed by atoms with Gasteiger partial charge >= 0.3 is 0 Å². The number of hydrogen-bond donors (Lipinski definition) is 1. The minimum atomic E-state index is -0.804. The van der Waals surface area contributed by atoms with E-state index >= 15 is 0 Å². The Balaban J connectivity index is 1.67. The van der Waals surface area contributed by atoms with Gasteiger partial charge in [-0.15, -0.1) is 0 Å². The Kier molecular flexibility index (Phi) is 9.26. The van der Waals surface area contributed by atoms with Crippen LogP contribution in [0.4, 0.5) is 8.78 Å². The molecule has 0 amide bonds. The molecule has 1 aromatic heterocycles. The van der Waals surface area contributed by atoms with Crippen LogP contribution >= 0.6 is 0 Å². The minimum Gasteiger partial charge on any atom is -0.435 e. The van der Waals surface area contributed by atoms with Gasteiger partial charge in [0.2, 0.25) is 5.88 Å². The lowest BCUT2D eigenvalue weighted by Crippen LogP contribution is -2.39. The summed E-state index contributed by atoms with van der Waals surface area (Å²) in [6.07, 6.45) is 1.31. The number of hydrogen-bond acceptors (Lipinski definition) is 6. The third-order valence-electron chi connectivity index (χ3n) is 6.20. The van der Waals surface area contributed by atoms with Crippen molar-refractivity contribution in [1.82, 2.24) is 14.7 Å². The molecule has 3 aromatic rings. The van der Waals surface area contributed by atoms with Crippen molar-refractivity contribution >= 4 is 0 Å². The van der Waals surface area contributed by atoms with E-state index in [9.17, 15) is 13.9 Å². The van der Waals surface area contributed by atoms with Crippen molar-refractivity contribution in [3.8, 4) is 17.3 Å². The van der Waals surface area contributed by atoms with Crippen molar-refractivity contribution in [3.05, 3.63) is 71.4 Å². The number of para-hydroxylation sites is 1. The zero-order chi connectivity index (χ0) is 26.4. The Hall–Kier alpha value is -2.85. The maximum atomic E-state index is 14.6. The molecule has 0 unspecified atom stereocenters. The molecule has 9 heteroatoms. The highest BCUT2D eigenvalue weighted by Gasteiger charge is 2.26. The summed E-state index contributed by atoms with van der Waals surface area (Å²) in [6.45, 7) is 8.01. The zero-order valence-electron chi connectivity index (χ0n) is 21.6. The lowest BCUT2D eigenvalue weighted by Gasteiger charge is -2.28. The first-order chi connectivity index (χ1) is 17.8. The van der Waals surface area contributed by atoms with Crippen molar-refractivity contribution in [2.75, 3.05) is 26.3 Å². The normalized spacial score (nSPS) is 16.6. The average Bonchev–Trinajstić information content (AvgIpc) is 3.48. The Morgan fingerprint density at radius 1 is 1.19 bits per heavy atom. The first-order valence-corrected chi connectivity index (χ1v) is 12.7. The van der Waals surface area contributed by atoms with Crippen molar-refractivity contribution in [2.45, 2.75) is 58.5 Å². The third kappa shape index (κ3) is 7.35. The van der Waals surface area contributed by atoms with Crippen molar-refractivity contribution in [3.63, 3.8) is 0 Å². The van der Waals surface area contributed by atoms with Gasteiger partial charge in [0, 0.05) is 32.3 Å². The summed E-state index contributed by atoms with van der Waals surface area (Å²) in [7, 11) is 0. The van der Waals surface area contributed by atoms with Gasteiger partial charge in [-0.25, -0.2) is 13.5 Å². The quantitative estimate of drug-likeness (QED) is 0.365. The molecule has 2 atom stereocenters. The molecule has 2 heterocycles. The molecule has 0 saturated carbocycles. The van der Waals surface area contributed by atoms with Gasteiger partial charge in [0.1, 0.15) is 5.82 Å². The molecular weight excluding hydrogens is 480 g/mol. The monoisotopic (exact) mass is 515 g/mol. The van der Waals surface area contributed by atoms with E-state index in [2.05, 4.69) is 4.90 Å². The maximum Gasteiger partial charge on any atom is 0.227 e. The molecule has 2 aromatic carbocycles. The smallest absolute Gasteiger partial charge is 0.227 e. The summed E-state index contributed by atoms with van der Waals surface area (Å²) >= 11 is 0. The SMILES string of the molecule is Cc1nn(-c2ccccc2)c(Oc2ccc(F)cc2F)c1CN(C[C@@H](O)COC(C)C)C[C@@H]1CCCO1. The molecule has 1 saturated heterocycles. The van der Waals surface area contributed by atoms with E-state index < -0.39 is 17.7 Å². The summed E-state index contributed by atoms with van der Waals surface area (Å²) < 4.78 is 47.3. The van der Waals surface area contributed by atoms with Gasteiger partial charge < -0.3 is 19.3 Å². The number of ether oxygens (including phenoxy) is 3. The highest BCUT2D eigenvalue weighted by atomic mass is 19.1. The standard InChI is InChI=1S/C28H35F2N3O4/c1-19(2)36-18-23(34)15-32(16-24-10-7-13-35-24)17-25-20(3)31-33(22-8-5-4-6-9-22)28(25)37-27-12-11-21(29)14-26(27)30/h4-6,8-9,11-12,14,19,23-24,34H,7,10,13,15-18H2,1-3H3/t23-,24+/m1/s1. The molecule has 0 aliphatic carbocycles. The molecule has 4 rings (SSSR count). The number of halogens is 2. The first-order valence-electron chi connectivity index (χ1n) is 12.7. The second-order valence-electron chi connectivity index (χ2n) is 9.66. The Bertz CT molecular complexity index is 1150. The van der Waals surface area contributed by atoms with E-state index in [4.69, 9.17) is 19.3 Å². The number of nitrogens with zero attached hydrogens (tertiary/aromatic N) is 3. The van der Waals surface area contributed by atoms with Crippen LogP contribution in [0.15, 0.2) is 48.5 Å². The second-order valence-corrected chi connectivity index (χ2v) is 9.66. The predicted octanol–water partition coefficient (Wildman–Crippen LogP) is 5.02. The minimum absolute atomic E-state index is 0.0122. The third-order valence-corrected chi connectivity index (χ3v) is 6.20. The van der Waals surface area contributed by atoms with Crippen LogP contribution in [0.2, 0.25) is 0 Å². The molecule has 0 radical (unpaired) electrons. The van der Waals surface area contributed by atoms with E-state index in [1.54, 1.807) is 4.68 Å². The van der Waals surface area contributed by atoms with Crippen LogP contribution in [-0.2, 0) is 16.0 Å². The largest absolute Gasteiger partial charge is 0.435 e. The summed E-state index contributed by atoms with van der Waals surface area (Å²) in [5.74, 6) is -1.25. The molecule has 1 fully saturated rings. The van der Waals surface area contributed by atoms with Crippen LogP contribution in [0.3, 0.4) is 0 Å². The first kappa shape index (κ1) is 27.2. The molecule has 1 aliphatic heterocycles. The zero-order valence-corrected chi connectivity index (χ0v) is 21.6. The van der Waals surface area contributed by atoms with Crippen LogP contribution in [0.1, 0.15) is 37.9 Å². The van der Waals surface area contributed by atoms with Gasteiger partial charge in [-0.05, 0) is 57.9 Å². The summed E-state index contributed by atoms with van der Waals surface area (Å²) in [5.41, 5.74) is 2.18. The molecule has 0 bridgehead atoms. The van der Waals surface area contributed by atoms with Crippen molar-refractivity contribution < 1.29 is 28.1 Å². The fourth-order valence-electron chi connectivity index (χ4n) is 4.39. The lowest BCUT2D eigenvalue weighted by atomic mass is 10.1. The number of aromatic nitrogens is 2. The number of benzene rings is 2. The van der Waals surface area contributed by atoms with E-state index in [1.165, 1.54) is 6.07 Å². The van der Waals surface area contributed by atoms with Crippen LogP contribution in [0, 0.1) is 18.6 Å². The summed E-state index contributed by atoms with van der Waals surface area (Å²) in [6, 6.07) is 12.6. The topological polar surface area (TPSA) is 69.0 Å². The molecule has 1 N–H and O–H groups in total. The highest BCUT2D eigenvalue weighted by Crippen LogP contribution is 2.33. The van der Waals surface area contributed by atoms with Crippen LogP contribution < -0.4 is 4.74 Å². The molecule has 200 valence electrons. The van der Waals surface area contributed by atoms with E-state index in [0.29, 0.717) is 31.2 Å². The Morgan fingerprint density at radius 2 is 1.97 bits per heavy atom. The lowest BCUT2D eigenvalue weighted by molar-refractivity contribution is -0.0173. The molecule has 7 nitrogen and oxygen atoms in total. The van der Waals surface area contributed by atoms with Gasteiger partial charge in [0.25, 0.3) is 0 Å². The van der Waals surface area contributed by atoms with Gasteiger partial charge in [-0.2, -0.15) is 5.10 Å². The maximum absolute atomic E-state index is 14.6. The Labute approximate surface area is 216 Å². The summed E-state index contributed by atoms with van der Waals surface area (Å²) in [5, 5.41) is 15.4. The van der Waals surface area contributed by atoms with E-state index in [1.807, 2.05) is 51.1 Å². The van der Waals surface area contributed by atoms with Gasteiger partial charge in [-0.3, -0.25) is 4.90 Å². The molecular formula is C28H35F2N3O4. The number of aliphatic hydroxyl groups excluding tert-OH is 1. The average molecular weight is 516 g/mol. The number of aliphatic hydroxyl groups is 1. The summed E-state index contributed by atoms with van der Waals surface area (Å²) in [4.78, 5) is 2.09. The van der Waals surface area contributed by atoms with Gasteiger partial charge in [-0.1, -0.05) is 18.2 Å². The number of aryl methyl sites for hydroxylation is 1. The van der Waals surface area contributed by atoms with E-state index in [0.717, 1.165) is 42.8 Å². The van der Waals surface area contributed by atoms with Crippen LogP contribution in [0.25, 0.3) is 5.69 Å². The molecule has 1 aliphatic rings. The Morgan fingerprint density at radius 3 is 2.65 bits per heavy atom. The molecule has 37 heavy (non-hydrogen) atoms. The fraction of sp³-hybridized carbons (Fsp3) is 0.464. The van der Waals surface area contributed by atoms with E-state index in [-0.39, 0.29) is 24.6 Å². The van der Waals surface area contributed by atoms with Crippen molar-refractivity contribution in [1.29, 1.82) is 0 Å². The fourth-order valence-corrected chi connectivity index (χ4v) is 4.39. The second kappa shape index (κ2) is 12.6. The number of rotatable bonds is 12. The van der Waals surface area contributed by atoms with Gasteiger partial charge in [0.05, 0.1) is 41.9 Å². The molecule has 0 spiro atoms.